The van der Waals surface area contributed by atoms with E-state index >= 15 is 0 Å². The first-order valence-electron chi connectivity index (χ1n) is 3.98. The van der Waals surface area contributed by atoms with Crippen LogP contribution in [0, 0.1) is 16.7 Å². The summed E-state index contributed by atoms with van der Waals surface area (Å²) in [5, 5.41) is 2.31. The number of hydrogen-bond donors (Lipinski definition) is 1. The van der Waals surface area contributed by atoms with Crippen molar-refractivity contribution in [1.82, 2.24) is 0 Å². The van der Waals surface area contributed by atoms with E-state index in [0.717, 1.165) is 0 Å². The summed E-state index contributed by atoms with van der Waals surface area (Å²) in [5.74, 6) is -2.56. The number of allylic oxidation sites excluding steroid dienone is 2. The van der Waals surface area contributed by atoms with Gasteiger partial charge in [-0.3, -0.25) is 9.59 Å². The molecule has 0 aromatic carbocycles. The second-order valence-corrected chi connectivity index (χ2v) is 2.99. The van der Waals surface area contributed by atoms with E-state index in [2.05, 4.69) is 5.18 Å². The third kappa shape index (κ3) is 1.99. The summed E-state index contributed by atoms with van der Waals surface area (Å²) >= 11 is 0. The van der Waals surface area contributed by atoms with Gasteiger partial charge in [0.05, 0.1) is 11.8 Å². The van der Waals surface area contributed by atoms with Crippen LogP contribution in [0.2, 0.25) is 0 Å². The summed E-state index contributed by atoms with van der Waals surface area (Å²) in [6, 6.07) is 0. The molecule has 0 aromatic heterocycles. The fourth-order valence-corrected chi connectivity index (χ4v) is 1.47. The summed E-state index contributed by atoms with van der Waals surface area (Å²) in [5.41, 5.74) is 5.08. The zero-order valence-corrected chi connectivity index (χ0v) is 6.97. The van der Waals surface area contributed by atoms with E-state index < -0.39 is 23.7 Å². The lowest BCUT2D eigenvalue weighted by atomic mass is 9.82. The van der Waals surface area contributed by atoms with Crippen LogP contribution < -0.4 is 5.73 Å². The first-order chi connectivity index (χ1) is 6.16. The molecule has 2 unspecified atom stereocenters. The van der Waals surface area contributed by atoms with Gasteiger partial charge in [0.25, 0.3) is 5.91 Å². The van der Waals surface area contributed by atoms with E-state index in [1.807, 2.05) is 0 Å². The molecule has 1 rings (SSSR count). The van der Waals surface area contributed by atoms with E-state index in [0.29, 0.717) is 12.8 Å². The van der Waals surface area contributed by atoms with Crippen LogP contribution in [0.25, 0.3) is 0 Å². The SMILES string of the molecule is NC(=O)C1CC=CCC1C(=O)N=O. The number of nitrogens with two attached hydrogens (primary N) is 1. The Kier molecular flexibility index (Phi) is 2.89. The number of carbonyl (C=O) groups excluding carboxylic acids is 2. The second-order valence-electron chi connectivity index (χ2n) is 2.99. The van der Waals surface area contributed by atoms with Crippen LogP contribution in [-0.4, -0.2) is 11.8 Å². The first kappa shape index (κ1) is 9.57. The molecule has 70 valence electrons. The number of nitrogens with zero attached hydrogens (tertiary/aromatic N) is 1. The fraction of sp³-hybridized carbons (Fsp3) is 0.500. The lowest BCUT2D eigenvalue weighted by molar-refractivity contribution is -0.131. The molecule has 0 heterocycles. The van der Waals surface area contributed by atoms with Crippen molar-refractivity contribution >= 4 is 11.8 Å². The molecular weight excluding hydrogens is 172 g/mol. The minimum atomic E-state index is -0.784. The summed E-state index contributed by atoms with van der Waals surface area (Å²) in [6.45, 7) is 0. The van der Waals surface area contributed by atoms with Crippen molar-refractivity contribution in [2.24, 2.45) is 22.7 Å². The first-order valence-corrected chi connectivity index (χ1v) is 3.98. The average Bonchev–Trinajstić information content (AvgIpc) is 2.16. The maximum Gasteiger partial charge on any atom is 0.290 e. The van der Waals surface area contributed by atoms with Crippen molar-refractivity contribution in [2.75, 3.05) is 0 Å². The third-order valence-electron chi connectivity index (χ3n) is 2.21. The van der Waals surface area contributed by atoms with E-state index in [4.69, 9.17) is 5.73 Å². The Morgan fingerprint density at radius 3 is 2.23 bits per heavy atom. The van der Waals surface area contributed by atoms with Crippen molar-refractivity contribution in [2.45, 2.75) is 12.8 Å². The van der Waals surface area contributed by atoms with Gasteiger partial charge in [-0.05, 0) is 12.8 Å². The Bertz CT molecular complexity index is 273. The Balaban J connectivity index is 2.80. The third-order valence-corrected chi connectivity index (χ3v) is 2.21. The van der Waals surface area contributed by atoms with Crippen LogP contribution in [-0.2, 0) is 9.59 Å². The smallest absolute Gasteiger partial charge is 0.290 e. The van der Waals surface area contributed by atoms with Crippen LogP contribution >= 0.6 is 0 Å². The molecule has 1 aliphatic carbocycles. The average molecular weight is 182 g/mol. The molecule has 2 amide bonds. The van der Waals surface area contributed by atoms with Gasteiger partial charge in [0.2, 0.25) is 5.91 Å². The topological polar surface area (TPSA) is 89.6 Å². The zero-order chi connectivity index (χ0) is 9.84. The highest BCUT2D eigenvalue weighted by Gasteiger charge is 2.33. The Morgan fingerprint density at radius 2 is 1.77 bits per heavy atom. The van der Waals surface area contributed by atoms with Crippen LogP contribution in [0.4, 0.5) is 0 Å². The standard InChI is InChI=1S/C8H10N2O3/c9-7(11)5-3-1-2-4-6(5)8(12)10-13/h1-2,5-6H,3-4H2,(H2,9,11). The molecule has 1 aliphatic rings. The highest BCUT2D eigenvalue weighted by Crippen LogP contribution is 2.26. The van der Waals surface area contributed by atoms with Crippen LogP contribution in [0.15, 0.2) is 17.3 Å². The Labute approximate surface area is 75.0 Å². The fourth-order valence-electron chi connectivity index (χ4n) is 1.47. The molecular formula is C8H10N2O3. The van der Waals surface area contributed by atoms with Crippen molar-refractivity contribution in [3.05, 3.63) is 17.1 Å². The number of rotatable bonds is 2. The minimum Gasteiger partial charge on any atom is -0.369 e. The lowest BCUT2D eigenvalue weighted by Gasteiger charge is -2.21. The highest BCUT2D eigenvalue weighted by molar-refractivity contribution is 5.87. The van der Waals surface area contributed by atoms with Crippen LogP contribution in [0.3, 0.4) is 0 Å². The number of hydrogen-bond acceptors (Lipinski definition) is 3. The maximum atomic E-state index is 11.0. The van der Waals surface area contributed by atoms with E-state index in [1.54, 1.807) is 12.2 Å². The quantitative estimate of drug-likeness (QED) is 0.493. The molecule has 0 bridgehead atoms. The molecule has 0 fully saturated rings. The van der Waals surface area contributed by atoms with Gasteiger partial charge in [0.1, 0.15) is 0 Å². The molecule has 0 saturated heterocycles. The van der Waals surface area contributed by atoms with Gasteiger partial charge in [0.15, 0.2) is 0 Å². The van der Waals surface area contributed by atoms with E-state index in [1.165, 1.54) is 0 Å². The predicted octanol–water partition coefficient (Wildman–Crippen LogP) is 0.347. The van der Waals surface area contributed by atoms with Crippen LogP contribution in [0.1, 0.15) is 12.8 Å². The normalized spacial score (nSPS) is 26.8. The predicted molar refractivity (Wildman–Crippen MR) is 45.4 cm³/mol. The van der Waals surface area contributed by atoms with Crippen molar-refractivity contribution in [3.8, 4) is 0 Å². The van der Waals surface area contributed by atoms with Crippen LogP contribution in [0.5, 0.6) is 0 Å². The zero-order valence-electron chi connectivity index (χ0n) is 6.97. The summed E-state index contributed by atoms with van der Waals surface area (Å²) in [4.78, 5) is 31.8. The summed E-state index contributed by atoms with van der Waals surface area (Å²) in [7, 11) is 0. The summed E-state index contributed by atoms with van der Waals surface area (Å²) in [6.07, 6.45) is 4.33. The van der Waals surface area contributed by atoms with Crippen molar-refractivity contribution < 1.29 is 9.59 Å². The molecule has 0 saturated carbocycles. The summed E-state index contributed by atoms with van der Waals surface area (Å²) < 4.78 is 0. The van der Waals surface area contributed by atoms with Gasteiger partial charge in [0, 0.05) is 5.18 Å². The van der Waals surface area contributed by atoms with Gasteiger partial charge >= 0.3 is 0 Å². The molecule has 5 heteroatoms. The van der Waals surface area contributed by atoms with Gasteiger partial charge in [-0.2, -0.15) is 0 Å². The van der Waals surface area contributed by atoms with Gasteiger partial charge in [-0.25, -0.2) is 0 Å². The van der Waals surface area contributed by atoms with Crippen molar-refractivity contribution in [1.29, 1.82) is 0 Å². The number of carbonyl (C=O) groups is 2. The number of amides is 2. The van der Waals surface area contributed by atoms with E-state index in [9.17, 15) is 14.5 Å². The van der Waals surface area contributed by atoms with Gasteiger partial charge in [-0.15, -0.1) is 4.91 Å². The van der Waals surface area contributed by atoms with Gasteiger partial charge < -0.3 is 5.73 Å². The molecule has 0 aromatic rings. The minimum absolute atomic E-state index is 0.373. The molecule has 5 nitrogen and oxygen atoms in total. The number of nitroso groups, excluding NO2 is 1. The highest BCUT2D eigenvalue weighted by atomic mass is 16.3. The second kappa shape index (κ2) is 3.93. The molecule has 2 N–H and O–H groups in total. The molecule has 0 spiro atoms. The number of primary amides is 1. The molecule has 13 heavy (non-hydrogen) atoms. The Morgan fingerprint density at radius 1 is 1.23 bits per heavy atom. The lowest BCUT2D eigenvalue weighted by Crippen LogP contribution is -2.34. The maximum absolute atomic E-state index is 11.0. The van der Waals surface area contributed by atoms with Gasteiger partial charge in [-0.1, -0.05) is 12.2 Å². The largest absolute Gasteiger partial charge is 0.369 e. The monoisotopic (exact) mass is 182 g/mol. The Hall–Kier alpha value is -1.52. The molecule has 0 aliphatic heterocycles. The van der Waals surface area contributed by atoms with Crippen molar-refractivity contribution in [3.63, 3.8) is 0 Å². The van der Waals surface area contributed by atoms with E-state index in [-0.39, 0.29) is 0 Å². The molecule has 0 radical (unpaired) electrons. The molecule has 2 atom stereocenters.